The number of hydrogen-bond acceptors (Lipinski definition) is 4. The van der Waals surface area contributed by atoms with E-state index in [1.807, 2.05) is 6.20 Å². The summed E-state index contributed by atoms with van der Waals surface area (Å²) in [6.45, 7) is 7.27. The Morgan fingerprint density at radius 3 is 2.60 bits per heavy atom. The van der Waals surface area contributed by atoms with Crippen LogP contribution in [-0.4, -0.2) is 45.2 Å². The van der Waals surface area contributed by atoms with Gasteiger partial charge in [-0.25, -0.2) is 14.4 Å². The fourth-order valence-corrected chi connectivity index (χ4v) is 5.52. The molecule has 4 heterocycles. The summed E-state index contributed by atoms with van der Waals surface area (Å²) in [6.07, 6.45) is -0.678. The Labute approximate surface area is 172 Å². The molecular weight excluding hydrogens is 398 g/mol. The second-order valence-electron chi connectivity index (χ2n) is 9.95. The molecule has 0 aromatic carbocycles. The summed E-state index contributed by atoms with van der Waals surface area (Å²) in [5, 5.41) is 0. The predicted octanol–water partition coefficient (Wildman–Crippen LogP) is 3.74. The van der Waals surface area contributed by atoms with E-state index in [0.29, 0.717) is 42.1 Å². The number of halogens is 4. The normalized spacial score (nSPS) is 29.9. The molecule has 2 saturated carbocycles. The molecule has 2 aromatic rings. The molecular formula is C21H25F4N5. The van der Waals surface area contributed by atoms with Gasteiger partial charge in [0.05, 0.1) is 16.8 Å². The number of nitrogens with zero attached hydrogens (tertiary/aromatic N) is 4. The van der Waals surface area contributed by atoms with Crippen LogP contribution in [-0.2, 0) is 18.1 Å². The van der Waals surface area contributed by atoms with E-state index in [4.69, 9.17) is 10.7 Å². The van der Waals surface area contributed by atoms with Crippen LogP contribution >= 0.6 is 0 Å². The zero-order valence-corrected chi connectivity index (χ0v) is 17.2. The highest BCUT2D eigenvalue weighted by atomic mass is 19.4. The van der Waals surface area contributed by atoms with Crippen molar-refractivity contribution in [3.05, 3.63) is 29.8 Å². The number of alkyl halides is 4. The lowest BCUT2D eigenvalue weighted by atomic mass is 9.92. The van der Waals surface area contributed by atoms with Gasteiger partial charge in [0.1, 0.15) is 18.3 Å². The molecule has 0 radical (unpaired) electrons. The highest BCUT2D eigenvalue weighted by molar-refractivity contribution is 5.63. The maximum Gasteiger partial charge on any atom is 0.419 e. The number of rotatable bonds is 5. The molecule has 4 atom stereocenters. The number of pyridine rings is 1. The van der Waals surface area contributed by atoms with E-state index in [9.17, 15) is 17.6 Å². The molecule has 30 heavy (non-hydrogen) atoms. The maximum atomic E-state index is 13.3. The van der Waals surface area contributed by atoms with Gasteiger partial charge in [0.25, 0.3) is 0 Å². The van der Waals surface area contributed by atoms with Crippen molar-refractivity contribution >= 4 is 5.82 Å². The third-order valence-corrected chi connectivity index (χ3v) is 6.76. The van der Waals surface area contributed by atoms with Crippen LogP contribution in [0.3, 0.4) is 0 Å². The lowest BCUT2D eigenvalue weighted by molar-refractivity contribution is -0.137. The predicted molar refractivity (Wildman–Crippen MR) is 104 cm³/mol. The van der Waals surface area contributed by atoms with Crippen molar-refractivity contribution in [3.63, 3.8) is 0 Å². The van der Waals surface area contributed by atoms with E-state index < -0.39 is 17.6 Å². The van der Waals surface area contributed by atoms with Crippen molar-refractivity contribution in [2.75, 3.05) is 25.5 Å². The molecule has 6 rings (SSSR count). The summed E-state index contributed by atoms with van der Waals surface area (Å²) >= 11 is 0. The van der Waals surface area contributed by atoms with Gasteiger partial charge in [0, 0.05) is 55.3 Å². The molecule has 2 N–H and O–H groups in total. The van der Waals surface area contributed by atoms with Crippen LogP contribution < -0.4 is 5.73 Å². The average molecular weight is 423 g/mol. The van der Waals surface area contributed by atoms with Gasteiger partial charge in [-0.1, -0.05) is 20.8 Å². The first-order valence-corrected chi connectivity index (χ1v) is 10.2. The Bertz CT molecular complexity index is 1000. The van der Waals surface area contributed by atoms with E-state index in [2.05, 4.69) is 35.2 Å². The molecule has 2 aliphatic heterocycles. The van der Waals surface area contributed by atoms with Gasteiger partial charge in [-0.15, -0.1) is 0 Å². The van der Waals surface area contributed by atoms with Crippen LogP contribution in [0, 0.1) is 17.3 Å². The Kier molecular flexibility index (Phi) is 3.93. The van der Waals surface area contributed by atoms with Gasteiger partial charge in [-0.05, 0) is 11.5 Å². The molecule has 0 spiro atoms. The Morgan fingerprint density at radius 1 is 1.27 bits per heavy atom. The molecule has 9 heteroatoms. The number of imidazole rings is 1. The fourth-order valence-electron chi connectivity index (χ4n) is 5.52. The van der Waals surface area contributed by atoms with Crippen molar-refractivity contribution in [2.45, 2.75) is 44.9 Å². The van der Waals surface area contributed by atoms with Crippen molar-refractivity contribution < 1.29 is 17.6 Å². The quantitative estimate of drug-likeness (QED) is 0.745. The van der Waals surface area contributed by atoms with Crippen LogP contribution in [0.15, 0.2) is 18.5 Å². The molecule has 2 aromatic heterocycles. The monoisotopic (exact) mass is 423 g/mol. The van der Waals surface area contributed by atoms with E-state index in [1.54, 1.807) is 0 Å². The minimum Gasteiger partial charge on any atom is -0.383 e. The van der Waals surface area contributed by atoms with Crippen LogP contribution in [0.5, 0.6) is 0 Å². The van der Waals surface area contributed by atoms with Gasteiger partial charge >= 0.3 is 6.18 Å². The van der Waals surface area contributed by atoms with Crippen molar-refractivity contribution in [3.8, 4) is 11.3 Å². The summed E-state index contributed by atoms with van der Waals surface area (Å²) < 4.78 is 55.0. The summed E-state index contributed by atoms with van der Waals surface area (Å²) in [7, 11) is 0. The van der Waals surface area contributed by atoms with Gasteiger partial charge in [0.15, 0.2) is 0 Å². The molecule has 4 aliphatic rings. The largest absolute Gasteiger partial charge is 0.419 e. The van der Waals surface area contributed by atoms with Crippen molar-refractivity contribution in [1.29, 1.82) is 0 Å². The smallest absolute Gasteiger partial charge is 0.383 e. The summed E-state index contributed by atoms with van der Waals surface area (Å²) in [6, 6.07) is 1.34. The summed E-state index contributed by atoms with van der Waals surface area (Å²) in [4.78, 5) is 10.7. The number of fused-ring (bicyclic) bond motifs is 1. The third kappa shape index (κ3) is 2.70. The number of hydrogen-bond donors (Lipinski definition) is 1. The number of nitrogens with two attached hydrogens (primary N) is 1. The molecule has 162 valence electrons. The number of anilines is 1. The lowest BCUT2D eigenvalue weighted by Crippen LogP contribution is -2.28. The van der Waals surface area contributed by atoms with Crippen LogP contribution in [0.4, 0.5) is 23.4 Å². The minimum atomic E-state index is -4.58. The highest BCUT2D eigenvalue weighted by Gasteiger charge is 2.93. The first kappa shape index (κ1) is 19.8. The van der Waals surface area contributed by atoms with Gasteiger partial charge in [-0.2, -0.15) is 13.2 Å². The SMILES string of the molecule is CC(C)(C)Cc1nc(-c2cnc(N)c(C(F)(F)F)c2)cn1[C@@]12C3[C@H]1[C@H]2CN3CCF. The maximum absolute atomic E-state index is 13.3. The van der Waals surface area contributed by atoms with E-state index in [1.165, 1.54) is 6.20 Å². The zero-order chi connectivity index (χ0) is 21.6. The summed E-state index contributed by atoms with van der Waals surface area (Å²) in [5.41, 5.74) is 5.17. The first-order valence-electron chi connectivity index (χ1n) is 10.2. The van der Waals surface area contributed by atoms with Crippen LogP contribution in [0.25, 0.3) is 11.3 Å². The van der Waals surface area contributed by atoms with Crippen LogP contribution in [0.2, 0.25) is 0 Å². The minimum absolute atomic E-state index is 0.0372. The molecule has 1 unspecified atom stereocenters. The number of aromatic nitrogens is 3. The van der Waals surface area contributed by atoms with E-state index in [-0.39, 0.29) is 17.6 Å². The molecule has 2 saturated heterocycles. The van der Waals surface area contributed by atoms with E-state index >= 15 is 0 Å². The standard InChI is InChI=1S/C21H25F4N5/c1-19(2,3)7-15-28-14(11-6-12(21(23,24)25)18(26)27-8-11)10-30(15)20-13-9-29(5-4-22)17(20)16(13)20/h6,8,10,13,16-17H,4-5,7,9H2,1-3H3,(H2,26,27)/t13-,16-,17?,20-/m1/s1. The molecule has 4 fully saturated rings. The molecule has 5 nitrogen and oxygen atoms in total. The summed E-state index contributed by atoms with van der Waals surface area (Å²) in [5.74, 6) is 1.30. The fraction of sp³-hybridized carbons (Fsp3) is 0.619. The molecule has 2 bridgehead atoms. The molecule has 2 aliphatic carbocycles. The van der Waals surface area contributed by atoms with E-state index in [0.717, 1.165) is 18.4 Å². The second kappa shape index (κ2) is 5.96. The Balaban J connectivity index is 1.55. The van der Waals surface area contributed by atoms with Crippen molar-refractivity contribution in [1.82, 2.24) is 19.4 Å². The first-order chi connectivity index (χ1) is 14.0. The number of piperidine rings is 1. The lowest BCUT2D eigenvalue weighted by Gasteiger charge is -2.21. The second-order valence-corrected chi connectivity index (χ2v) is 9.95. The third-order valence-electron chi connectivity index (χ3n) is 6.76. The topological polar surface area (TPSA) is 60.0 Å². The van der Waals surface area contributed by atoms with Gasteiger partial charge in [0.2, 0.25) is 0 Å². The average Bonchev–Trinajstić information content (AvgIpc) is 3.21. The van der Waals surface area contributed by atoms with Gasteiger partial charge in [-0.3, -0.25) is 4.90 Å². The molecule has 0 amide bonds. The zero-order valence-electron chi connectivity index (χ0n) is 17.2. The number of nitrogen functional groups attached to an aromatic ring is 1. The Morgan fingerprint density at radius 2 is 2.00 bits per heavy atom. The van der Waals surface area contributed by atoms with Crippen molar-refractivity contribution in [2.24, 2.45) is 17.3 Å². The van der Waals surface area contributed by atoms with Gasteiger partial charge < -0.3 is 10.3 Å². The Hall–Kier alpha value is -2.16. The highest BCUT2D eigenvalue weighted by Crippen LogP contribution is 2.83. The van der Waals surface area contributed by atoms with Crippen LogP contribution in [0.1, 0.15) is 32.2 Å².